The Labute approximate surface area is 113 Å². The maximum atomic E-state index is 3.96. The van der Waals surface area contributed by atoms with Crippen molar-refractivity contribution >= 4 is 0 Å². The van der Waals surface area contributed by atoms with Crippen LogP contribution in [0.15, 0.2) is 36.7 Å². The predicted molar refractivity (Wildman–Crippen MR) is 74.8 cm³/mol. The molecular formula is C15H20N4. The summed E-state index contributed by atoms with van der Waals surface area (Å²) in [5.74, 6) is 0.827. The number of aromatic nitrogens is 3. The Morgan fingerprint density at radius 2 is 2.16 bits per heavy atom. The maximum absolute atomic E-state index is 3.96. The van der Waals surface area contributed by atoms with Crippen LogP contribution < -0.4 is 5.32 Å². The topological polar surface area (TPSA) is 42.7 Å². The molecule has 100 valence electrons. The van der Waals surface area contributed by atoms with Gasteiger partial charge in [0.15, 0.2) is 0 Å². The van der Waals surface area contributed by atoms with Gasteiger partial charge in [0, 0.05) is 19.3 Å². The fraction of sp³-hybridized carbons (Fsp3) is 0.467. The molecule has 0 radical (unpaired) electrons. The first-order chi connectivity index (χ1) is 9.43. The molecule has 0 atom stereocenters. The van der Waals surface area contributed by atoms with Gasteiger partial charge in [0.2, 0.25) is 0 Å². The molecule has 1 fully saturated rings. The molecule has 0 spiro atoms. The smallest absolute Gasteiger partial charge is 0.0692 e. The number of rotatable bonds is 7. The van der Waals surface area contributed by atoms with E-state index < -0.39 is 0 Å². The van der Waals surface area contributed by atoms with Gasteiger partial charge < -0.3 is 5.32 Å². The summed E-state index contributed by atoms with van der Waals surface area (Å²) >= 11 is 0. The van der Waals surface area contributed by atoms with E-state index in [0.717, 1.165) is 32.0 Å². The van der Waals surface area contributed by atoms with Crippen LogP contribution in [0.5, 0.6) is 0 Å². The van der Waals surface area contributed by atoms with Crippen LogP contribution >= 0.6 is 0 Å². The SMILES string of the molecule is c1ccc(C2CC2)c(CNCCCn2ccnn2)c1. The van der Waals surface area contributed by atoms with E-state index in [1.807, 2.05) is 10.9 Å². The van der Waals surface area contributed by atoms with E-state index in [-0.39, 0.29) is 0 Å². The lowest BCUT2D eigenvalue weighted by Crippen LogP contribution is -2.17. The number of hydrogen-bond donors (Lipinski definition) is 1. The monoisotopic (exact) mass is 256 g/mol. The van der Waals surface area contributed by atoms with Crippen LogP contribution in [0.4, 0.5) is 0 Å². The van der Waals surface area contributed by atoms with Gasteiger partial charge in [-0.1, -0.05) is 29.5 Å². The van der Waals surface area contributed by atoms with Crippen LogP contribution in [0, 0.1) is 0 Å². The number of benzene rings is 1. The molecule has 1 saturated carbocycles. The molecule has 2 aromatic rings. The van der Waals surface area contributed by atoms with E-state index in [4.69, 9.17) is 0 Å². The molecule has 0 unspecified atom stereocenters. The van der Waals surface area contributed by atoms with Crippen molar-refractivity contribution in [1.82, 2.24) is 20.3 Å². The van der Waals surface area contributed by atoms with Gasteiger partial charge in [-0.05, 0) is 42.9 Å². The van der Waals surface area contributed by atoms with E-state index >= 15 is 0 Å². The van der Waals surface area contributed by atoms with Crippen LogP contribution in [0.25, 0.3) is 0 Å². The minimum Gasteiger partial charge on any atom is -0.313 e. The Kier molecular flexibility index (Phi) is 3.89. The Bertz CT molecular complexity index is 503. The van der Waals surface area contributed by atoms with Gasteiger partial charge in [-0.3, -0.25) is 4.68 Å². The average molecular weight is 256 g/mol. The molecule has 0 bridgehead atoms. The highest BCUT2D eigenvalue weighted by Crippen LogP contribution is 2.41. The van der Waals surface area contributed by atoms with Crippen LogP contribution in [-0.4, -0.2) is 21.5 Å². The molecule has 19 heavy (non-hydrogen) atoms. The Morgan fingerprint density at radius 1 is 1.26 bits per heavy atom. The summed E-state index contributed by atoms with van der Waals surface area (Å²) in [6, 6.07) is 8.82. The fourth-order valence-electron chi connectivity index (χ4n) is 2.43. The van der Waals surface area contributed by atoms with Crippen molar-refractivity contribution in [2.24, 2.45) is 0 Å². The van der Waals surface area contributed by atoms with Crippen LogP contribution in [-0.2, 0) is 13.1 Å². The standard InChI is InChI=1S/C15H20N4/c1-2-5-15(13-6-7-13)14(4-1)12-16-8-3-10-19-11-9-17-18-19/h1-2,4-5,9,11,13,16H,3,6-8,10,12H2. The summed E-state index contributed by atoms with van der Waals surface area (Å²) in [5, 5.41) is 11.3. The molecule has 1 aliphatic carbocycles. The highest BCUT2D eigenvalue weighted by Gasteiger charge is 2.25. The van der Waals surface area contributed by atoms with Crippen molar-refractivity contribution < 1.29 is 0 Å². The molecular weight excluding hydrogens is 236 g/mol. The molecule has 4 heteroatoms. The molecule has 0 aliphatic heterocycles. The van der Waals surface area contributed by atoms with Crippen molar-refractivity contribution in [3.05, 3.63) is 47.8 Å². The van der Waals surface area contributed by atoms with Gasteiger partial charge in [0.05, 0.1) is 6.20 Å². The summed E-state index contributed by atoms with van der Waals surface area (Å²) in [6.45, 7) is 2.92. The fourth-order valence-corrected chi connectivity index (χ4v) is 2.43. The van der Waals surface area contributed by atoms with E-state index in [1.54, 1.807) is 11.8 Å². The largest absolute Gasteiger partial charge is 0.313 e. The highest BCUT2D eigenvalue weighted by atomic mass is 15.4. The summed E-state index contributed by atoms with van der Waals surface area (Å²) in [6.07, 6.45) is 7.43. The van der Waals surface area contributed by atoms with Crippen molar-refractivity contribution in [3.8, 4) is 0 Å². The third-order valence-corrected chi connectivity index (χ3v) is 3.60. The zero-order valence-electron chi connectivity index (χ0n) is 11.1. The second kappa shape index (κ2) is 5.97. The zero-order valence-corrected chi connectivity index (χ0v) is 11.1. The normalized spacial score (nSPS) is 14.7. The van der Waals surface area contributed by atoms with E-state index in [9.17, 15) is 0 Å². The van der Waals surface area contributed by atoms with Crippen molar-refractivity contribution in [2.75, 3.05) is 6.54 Å². The second-order valence-electron chi connectivity index (χ2n) is 5.17. The van der Waals surface area contributed by atoms with Crippen molar-refractivity contribution in [2.45, 2.75) is 38.3 Å². The number of nitrogens with one attached hydrogen (secondary N) is 1. The lowest BCUT2D eigenvalue weighted by Gasteiger charge is -2.09. The Morgan fingerprint density at radius 3 is 2.95 bits per heavy atom. The first kappa shape index (κ1) is 12.4. The zero-order chi connectivity index (χ0) is 12.9. The maximum Gasteiger partial charge on any atom is 0.0692 e. The average Bonchev–Trinajstić information content (AvgIpc) is 3.16. The summed E-state index contributed by atoms with van der Waals surface area (Å²) in [7, 11) is 0. The Balaban J connectivity index is 1.42. The molecule has 1 aliphatic rings. The Hall–Kier alpha value is -1.68. The van der Waals surface area contributed by atoms with Crippen molar-refractivity contribution in [1.29, 1.82) is 0 Å². The van der Waals surface area contributed by atoms with Gasteiger partial charge in [-0.25, -0.2) is 0 Å². The van der Waals surface area contributed by atoms with Gasteiger partial charge in [-0.2, -0.15) is 0 Å². The molecule has 0 saturated heterocycles. The van der Waals surface area contributed by atoms with Gasteiger partial charge in [-0.15, -0.1) is 5.10 Å². The summed E-state index contributed by atoms with van der Waals surface area (Å²) in [5.41, 5.74) is 3.01. The first-order valence-electron chi connectivity index (χ1n) is 7.06. The molecule has 1 heterocycles. The molecule has 3 rings (SSSR count). The predicted octanol–water partition coefficient (Wildman–Crippen LogP) is 2.34. The van der Waals surface area contributed by atoms with E-state index in [1.165, 1.54) is 18.4 Å². The summed E-state index contributed by atoms with van der Waals surface area (Å²) in [4.78, 5) is 0. The minimum atomic E-state index is 0.827. The number of aryl methyl sites for hydroxylation is 1. The third-order valence-electron chi connectivity index (χ3n) is 3.60. The lowest BCUT2D eigenvalue weighted by atomic mass is 10.0. The van der Waals surface area contributed by atoms with Gasteiger partial charge in [0.1, 0.15) is 0 Å². The van der Waals surface area contributed by atoms with Crippen LogP contribution in [0.2, 0.25) is 0 Å². The lowest BCUT2D eigenvalue weighted by molar-refractivity contribution is 0.529. The highest BCUT2D eigenvalue weighted by molar-refractivity contribution is 5.33. The third kappa shape index (κ3) is 3.41. The molecule has 0 amide bonds. The number of hydrogen-bond acceptors (Lipinski definition) is 3. The first-order valence-corrected chi connectivity index (χ1v) is 7.06. The molecule has 4 nitrogen and oxygen atoms in total. The minimum absolute atomic E-state index is 0.827. The molecule has 1 N–H and O–H groups in total. The van der Waals surface area contributed by atoms with Gasteiger partial charge >= 0.3 is 0 Å². The molecule has 1 aromatic heterocycles. The number of nitrogens with zero attached hydrogens (tertiary/aromatic N) is 3. The quantitative estimate of drug-likeness (QED) is 0.773. The van der Waals surface area contributed by atoms with Crippen LogP contribution in [0.1, 0.15) is 36.3 Å². The van der Waals surface area contributed by atoms with Crippen molar-refractivity contribution in [3.63, 3.8) is 0 Å². The second-order valence-corrected chi connectivity index (χ2v) is 5.17. The summed E-state index contributed by atoms with van der Waals surface area (Å²) < 4.78 is 1.87. The molecule has 1 aromatic carbocycles. The van der Waals surface area contributed by atoms with E-state index in [2.05, 4.69) is 39.9 Å². The van der Waals surface area contributed by atoms with Gasteiger partial charge in [0.25, 0.3) is 0 Å². The van der Waals surface area contributed by atoms with Crippen LogP contribution in [0.3, 0.4) is 0 Å². The van der Waals surface area contributed by atoms with E-state index in [0.29, 0.717) is 0 Å².